The first kappa shape index (κ1) is 18.6. The number of halogens is 1. The molecule has 1 N–H and O–H groups in total. The normalized spacial score (nSPS) is 17.0. The molecule has 0 spiro atoms. The molecular formula is C19H21ClN4OS. The first-order chi connectivity index (χ1) is 12.2. The van der Waals surface area contributed by atoms with Gasteiger partial charge in [0.15, 0.2) is 0 Å². The van der Waals surface area contributed by atoms with Crippen molar-refractivity contribution in [2.75, 3.05) is 19.6 Å². The highest BCUT2D eigenvalue weighted by molar-refractivity contribution is 7.13. The molecule has 2 aromatic heterocycles. The SMILES string of the molecule is CC1CN(C(=O)c2cn(-c3ccccc3)nc2-c2cccs2)CCN1.Cl. The lowest BCUT2D eigenvalue weighted by Gasteiger charge is -2.31. The third kappa shape index (κ3) is 3.67. The van der Waals surface area contributed by atoms with E-state index in [1.165, 1.54) is 0 Å². The summed E-state index contributed by atoms with van der Waals surface area (Å²) in [7, 11) is 0. The van der Waals surface area contributed by atoms with Gasteiger partial charge in [-0.25, -0.2) is 4.68 Å². The van der Waals surface area contributed by atoms with E-state index < -0.39 is 0 Å². The van der Waals surface area contributed by atoms with Gasteiger partial charge in [0.1, 0.15) is 5.69 Å². The number of thiophene rings is 1. The average molecular weight is 389 g/mol. The van der Waals surface area contributed by atoms with Gasteiger partial charge in [0.05, 0.1) is 16.1 Å². The summed E-state index contributed by atoms with van der Waals surface area (Å²) < 4.78 is 1.80. The first-order valence-corrected chi connectivity index (χ1v) is 9.32. The van der Waals surface area contributed by atoms with Crippen molar-refractivity contribution in [3.63, 3.8) is 0 Å². The number of benzene rings is 1. The topological polar surface area (TPSA) is 50.2 Å². The van der Waals surface area contributed by atoms with Crippen LogP contribution in [-0.4, -0.2) is 46.3 Å². The fourth-order valence-electron chi connectivity index (χ4n) is 3.13. The van der Waals surface area contributed by atoms with Crippen LogP contribution in [0.4, 0.5) is 0 Å². The minimum Gasteiger partial charge on any atom is -0.336 e. The molecule has 26 heavy (non-hydrogen) atoms. The average Bonchev–Trinajstić information content (AvgIpc) is 3.31. The first-order valence-electron chi connectivity index (χ1n) is 8.44. The van der Waals surface area contributed by atoms with E-state index >= 15 is 0 Å². The molecule has 1 aliphatic heterocycles. The number of amides is 1. The van der Waals surface area contributed by atoms with Crippen LogP contribution in [0.25, 0.3) is 16.3 Å². The Bertz CT molecular complexity index is 863. The maximum absolute atomic E-state index is 13.2. The smallest absolute Gasteiger partial charge is 0.257 e. The van der Waals surface area contributed by atoms with Gasteiger partial charge in [-0.15, -0.1) is 23.7 Å². The lowest BCUT2D eigenvalue weighted by molar-refractivity contribution is 0.0710. The Kier molecular flexibility index (Phi) is 5.76. The van der Waals surface area contributed by atoms with Crippen LogP contribution in [0, 0.1) is 0 Å². The number of carbonyl (C=O) groups is 1. The third-order valence-corrected chi connectivity index (χ3v) is 5.25. The van der Waals surface area contributed by atoms with Crippen molar-refractivity contribution in [2.45, 2.75) is 13.0 Å². The molecule has 1 unspecified atom stereocenters. The highest BCUT2D eigenvalue weighted by Gasteiger charge is 2.26. The lowest BCUT2D eigenvalue weighted by Crippen LogP contribution is -2.51. The Labute approximate surface area is 163 Å². The van der Waals surface area contributed by atoms with Crippen molar-refractivity contribution in [3.8, 4) is 16.3 Å². The second-order valence-corrected chi connectivity index (χ2v) is 7.20. The molecule has 0 aliphatic carbocycles. The molecule has 4 rings (SSSR count). The molecule has 1 aliphatic rings. The van der Waals surface area contributed by atoms with Crippen molar-refractivity contribution >= 4 is 29.7 Å². The standard InChI is InChI=1S/C19H20N4OS.ClH/c1-14-12-22(10-9-20-14)19(24)16-13-23(15-6-3-2-4-7-15)21-18(16)17-8-5-11-25-17;/h2-8,11,13-14,20H,9-10,12H2,1H3;1H. The highest BCUT2D eigenvalue weighted by Crippen LogP contribution is 2.28. The number of aromatic nitrogens is 2. The summed E-state index contributed by atoms with van der Waals surface area (Å²) in [5, 5.41) is 10.1. The zero-order chi connectivity index (χ0) is 17.2. The van der Waals surface area contributed by atoms with E-state index in [1.807, 2.05) is 58.9 Å². The molecule has 7 heteroatoms. The maximum Gasteiger partial charge on any atom is 0.257 e. The predicted octanol–water partition coefficient (Wildman–Crippen LogP) is 3.46. The molecule has 0 radical (unpaired) electrons. The zero-order valence-corrected chi connectivity index (χ0v) is 16.1. The number of nitrogens with zero attached hydrogens (tertiary/aromatic N) is 3. The Morgan fingerprint density at radius 3 is 2.73 bits per heavy atom. The van der Waals surface area contributed by atoms with Crippen LogP contribution in [0.3, 0.4) is 0 Å². The summed E-state index contributed by atoms with van der Waals surface area (Å²) in [6.45, 7) is 4.38. The minimum absolute atomic E-state index is 0. The van der Waals surface area contributed by atoms with E-state index in [0.717, 1.165) is 35.9 Å². The summed E-state index contributed by atoms with van der Waals surface area (Å²) in [5.41, 5.74) is 2.38. The van der Waals surface area contributed by atoms with Crippen molar-refractivity contribution < 1.29 is 4.79 Å². The molecule has 1 saturated heterocycles. The van der Waals surface area contributed by atoms with Gasteiger partial charge in [0, 0.05) is 31.9 Å². The maximum atomic E-state index is 13.2. The van der Waals surface area contributed by atoms with Gasteiger partial charge in [0.2, 0.25) is 0 Å². The summed E-state index contributed by atoms with van der Waals surface area (Å²) >= 11 is 1.60. The predicted molar refractivity (Wildman–Crippen MR) is 107 cm³/mol. The van der Waals surface area contributed by atoms with E-state index in [-0.39, 0.29) is 18.3 Å². The number of carbonyl (C=O) groups excluding carboxylic acids is 1. The van der Waals surface area contributed by atoms with Crippen molar-refractivity contribution in [1.82, 2.24) is 20.0 Å². The Morgan fingerprint density at radius 1 is 1.23 bits per heavy atom. The molecule has 3 heterocycles. The summed E-state index contributed by atoms with van der Waals surface area (Å²) in [6.07, 6.45) is 1.86. The van der Waals surface area contributed by atoms with E-state index in [1.54, 1.807) is 16.0 Å². The van der Waals surface area contributed by atoms with Crippen LogP contribution >= 0.6 is 23.7 Å². The number of hydrogen-bond donors (Lipinski definition) is 1. The number of piperazine rings is 1. The van der Waals surface area contributed by atoms with Gasteiger partial charge in [-0.1, -0.05) is 24.3 Å². The molecule has 0 saturated carbocycles. The molecule has 0 bridgehead atoms. The Morgan fingerprint density at radius 2 is 2.04 bits per heavy atom. The fourth-order valence-corrected chi connectivity index (χ4v) is 3.85. The van der Waals surface area contributed by atoms with Gasteiger partial charge in [-0.05, 0) is 30.5 Å². The fraction of sp³-hybridized carbons (Fsp3) is 0.263. The Hall–Kier alpha value is -2.15. The molecule has 5 nitrogen and oxygen atoms in total. The highest BCUT2D eigenvalue weighted by atomic mass is 35.5. The number of nitrogens with one attached hydrogen (secondary N) is 1. The van der Waals surface area contributed by atoms with Crippen LogP contribution < -0.4 is 5.32 Å². The molecule has 1 amide bonds. The summed E-state index contributed by atoms with van der Waals surface area (Å²) in [6, 6.07) is 14.2. The van der Waals surface area contributed by atoms with Crippen LogP contribution in [-0.2, 0) is 0 Å². The van der Waals surface area contributed by atoms with Crippen LogP contribution in [0.1, 0.15) is 17.3 Å². The lowest BCUT2D eigenvalue weighted by atomic mass is 10.1. The minimum atomic E-state index is 0. The second-order valence-electron chi connectivity index (χ2n) is 6.26. The van der Waals surface area contributed by atoms with Crippen LogP contribution in [0.2, 0.25) is 0 Å². The molecule has 1 atom stereocenters. The number of rotatable bonds is 3. The van der Waals surface area contributed by atoms with Crippen LogP contribution in [0.15, 0.2) is 54.0 Å². The number of para-hydroxylation sites is 1. The zero-order valence-electron chi connectivity index (χ0n) is 14.5. The van der Waals surface area contributed by atoms with E-state index in [2.05, 4.69) is 12.2 Å². The third-order valence-electron chi connectivity index (χ3n) is 4.38. The van der Waals surface area contributed by atoms with E-state index in [4.69, 9.17) is 5.10 Å². The number of hydrogen-bond acceptors (Lipinski definition) is 4. The molecule has 3 aromatic rings. The van der Waals surface area contributed by atoms with Gasteiger partial charge in [-0.2, -0.15) is 5.10 Å². The van der Waals surface area contributed by atoms with Crippen molar-refractivity contribution in [2.24, 2.45) is 0 Å². The van der Waals surface area contributed by atoms with Gasteiger partial charge < -0.3 is 10.2 Å². The second kappa shape index (κ2) is 8.03. The molecular weight excluding hydrogens is 368 g/mol. The molecule has 1 aromatic carbocycles. The monoisotopic (exact) mass is 388 g/mol. The molecule has 136 valence electrons. The van der Waals surface area contributed by atoms with E-state index in [0.29, 0.717) is 11.6 Å². The summed E-state index contributed by atoms with van der Waals surface area (Å²) in [4.78, 5) is 16.1. The molecule has 1 fully saturated rings. The summed E-state index contributed by atoms with van der Waals surface area (Å²) in [5.74, 6) is 0.0546. The quantitative estimate of drug-likeness (QED) is 0.747. The van der Waals surface area contributed by atoms with Crippen molar-refractivity contribution in [3.05, 3.63) is 59.6 Å². The van der Waals surface area contributed by atoms with E-state index in [9.17, 15) is 4.79 Å². The van der Waals surface area contributed by atoms with Crippen LogP contribution in [0.5, 0.6) is 0 Å². The Balaban J connectivity index is 0.00000196. The van der Waals surface area contributed by atoms with Crippen molar-refractivity contribution in [1.29, 1.82) is 0 Å². The largest absolute Gasteiger partial charge is 0.336 e. The van der Waals surface area contributed by atoms with Gasteiger partial charge >= 0.3 is 0 Å². The van der Waals surface area contributed by atoms with Gasteiger partial charge in [0.25, 0.3) is 5.91 Å². The van der Waals surface area contributed by atoms with Gasteiger partial charge in [-0.3, -0.25) is 4.79 Å².